The van der Waals surface area contributed by atoms with Crippen molar-refractivity contribution < 1.29 is 0 Å². The van der Waals surface area contributed by atoms with E-state index >= 15 is 0 Å². The summed E-state index contributed by atoms with van der Waals surface area (Å²) in [7, 11) is 0. The average Bonchev–Trinajstić information content (AvgIpc) is 3.24. The maximum atomic E-state index is 4.61. The number of nitrogens with zero attached hydrogens (tertiary/aromatic N) is 2. The Morgan fingerprint density at radius 1 is 1.30 bits per heavy atom. The summed E-state index contributed by atoms with van der Waals surface area (Å²) in [6.45, 7) is 7.07. The zero-order valence-electron chi connectivity index (χ0n) is 12.8. The molecule has 0 bridgehead atoms. The molecule has 1 saturated carbocycles. The summed E-state index contributed by atoms with van der Waals surface area (Å²) in [5.74, 6) is 1.86. The maximum Gasteiger partial charge on any atom is 0.130 e. The molecule has 0 amide bonds. The fraction of sp³-hybridized carbons (Fsp3) is 0.706. The summed E-state index contributed by atoms with van der Waals surface area (Å²) in [6, 6.07) is 5.60. The molecule has 0 radical (unpaired) electrons. The number of hydrogen-bond donors (Lipinski definition) is 1. The van der Waals surface area contributed by atoms with Gasteiger partial charge in [-0.25, -0.2) is 4.98 Å². The van der Waals surface area contributed by atoms with E-state index in [1.165, 1.54) is 50.8 Å². The minimum Gasteiger partial charge on any atom is -0.367 e. The Labute approximate surface area is 122 Å². The third-order valence-corrected chi connectivity index (χ3v) is 4.33. The van der Waals surface area contributed by atoms with Gasteiger partial charge in [0.2, 0.25) is 0 Å². The van der Waals surface area contributed by atoms with Crippen molar-refractivity contribution in [3.05, 3.63) is 23.9 Å². The molecular weight excluding hydrogens is 246 g/mol. The van der Waals surface area contributed by atoms with Crippen LogP contribution in [0.1, 0.15) is 57.6 Å². The van der Waals surface area contributed by atoms with Gasteiger partial charge < -0.3 is 5.32 Å². The lowest BCUT2D eigenvalue weighted by Crippen LogP contribution is -2.36. The molecule has 1 N–H and O–H groups in total. The van der Waals surface area contributed by atoms with Crippen LogP contribution in [0.3, 0.4) is 0 Å². The zero-order valence-corrected chi connectivity index (χ0v) is 12.8. The van der Waals surface area contributed by atoms with Crippen LogP contribution >= 0.6 is 0 Å². The zero-order chi connectivity index (χ0) is 13.9. The van der Waals surface area contributed by atoms with E-state index in [1.807, 2.05) is 6.20 Å². The molecule has 2 aliphatic rings. The molecule has 2 heterocycles. The number of hydrogen-bond acceptors (Lipinski definition) is 3. The molecule has 1 aromatic heterocycles. The second kappa shape index (κ2) is 6.13. The monoisotopic (exact) mass is 273 g/mol. The van der Waals surface area contributed by atoms with E-state index in [0.29, 0.717) is 12.1 Å². The van der Waals surface area contributed by atoms with Crippen molar-refractivity contribution in [1.82, 2.24) is 9.88 Å². The molecule has 3 rings (SSSR count). The SMILES string of the molecule is CC(C)CN1CCCC[C@H]1c1cccnc1NC1CC1. The van der Waals surface area contributed by atoms with Crippen LogP contribution in [0.25, 0.3) is 0 Å². The van der Waals surface area contributed by atoms with Crippen molar-refractivity contribution in [1.29, 1.82) is 0 Å². The molecule has 1 atom stereocenters. The van der Waals surface area contributed by atoms with Gasteiger partial charge in [0.15, 0.2) is 0 Å². The van der Waals surface area contributed by atoms with E-state index in [9.17, 15) is 0 Å². The van der Waals surface area contributed by atoms with Crippen LogP contribution in [0.15, 0.2) is 18.3 Å². The van der Waals surface area contributed by atoms with Crippen molar-refractivity contribution in [3.63, 3.8) is 0 Å². The Morgan fingerprint density at radius 2 is 2.15 bits per heavy atom. The molecule has 2 fully saturated rings. The van der Waals surface area contributed by atoms with Crippen molar-refractivity contribution in [2.75, 3.05) is 18.4 Å². The highest BCUT2D eigenvalue weighted by Crippen LogP contribution is 2.36. The molecule has 1 saturated heterocycles. The first-order valence-corrected chi connectivity index (χ1v) is 8.19. The van der Waals surface area contributed by atoms with Gasteiger partial charge >= 0.3 is 0 Å². The lowest BCUT2D eigenvalue weighted by atomic mass is 9.94. The Hall–Kier alpha value is -1.09. The van der Waals surface area contributed by atoms with Gasteiger partial charge in [-0.1, -0.05) is 26.3 Å². The maximum absolute atomic E-state index is 4.61. The molecule has 110 valence electrons. The van der Waals surface area contributed by atoms with Crippen LogP contribution in [0.4, 0.5) is 5.82 Å². The number of piperidine rings is 1. The standard InChI is InChI=1S/C17H27N3/c1-13(2)12-20-11-4-3-7-16(20)15-6-5-10-18-17(15)19-14-8-9-14/h5-6,10,13-14,16H,3-4,7-9,11-12H2,1-2H3,(H,18,19)/t16-/m0/s1. The van der Waals surface area contributed by atoms with E-state index < -0.39 is 0 Å². The molecule has 3 heteroatoms. The highest BCUT2D eigenvalue weighted by Gasteiger charge is 2.29. The number of likely N-dealkylation sites (tertiary alicyclic amines) is 1. The van der Waals surface area contributed by atoms with Crippen molar-refractivity contribution in [3.8, 4) is 0 Å². The van der Waals surface area contributed by atoms with Gasteiger partial charge in [-0.05, 0) is 44.2 Å². The van der Waals surface area contributed by atoms with Gasteiger partial charge in [-0.2, -0.15) is 0 Å². The van der Waals surface area contributed by atoms with E-state index in [-0.39, 0.29) is 0 Å². The molecule has 20 heavy (non-hydrogen) atoms. The number of anilines is 1. The van der Waals surface area contributed by atoms with Crippen LogP contribution in [0, 0.1) is 5.92 Å². The number of pyridine rings is 1. The van der Waals surface area contributed by atoms with Crippen LogP contribution in [-0.2, 0) is 0 Å². The fourth-order valence-electron chi connectivity index (χ4n) is 3.26. The molecule has 0 aromatic carbocycles. The van der Waals surface area contributed by atoms with Crippen LogP contribution in [-0.4, -0.2) is 29.0 Å². The minimum absolute atomic E-state index is 0.557. The van der Waals surface area contributed by atoms with Gasteiger partial charge in [-0.3, -0.25) is 4.90 Å². The van der Waals surface area contributed by atoms with Crippen molar-refractivity contribution in [2.24, 2.45) is 5.92 Å². The number of nitrogens with one attached hydrogen (secondary N) is 1. The third kappa shape index (κ3) is 3.32. The van der Waals surface area contributed by atoms with Crippen molar-refractivity contribution >= 4 is 5.82 Å². The lowest BCUT2D eigenvalue weighted by molar-refractivity contribution is 0.132. The molecule has 1 aliphatic carbocycles. The molecule has 3 nitrogen and oxygen atoms in total. The van der Waals surface area contributed by atoms with Gasteiger partial charge in [0.25, 0.3) is 0 Å². The minimum atomic E-state index is 0.557. The molecule has 0 unspecified atom stereocenters. The van der Waals surface area contributed by atoms with Gasteiger partial charge in [-0.15, -0.1) is 0 Å². The second-order valence-corrected chi connectivity index (χ2v) is 6.76. The normalized spacial score (nSPS) is 24.1. The third-order valence-electron chi connectivity index (χ3n) is 4.33. The van der Waals surface area contributed by atoms with E-state index in [4.69, 9.17) is 0 Å². The molecular formula is C17H27N3. The number of rotatable bonds is 5. The summed E-state index contributed by atoms with van der Waals surface area (Å²) in [5.41, 5.74) is 1.42. The lowest BCUT2D eigenvalue weighted by Gasteiger charge is -2.37. The topological polar surface area (TPSA) is 28.2 Å². The molecule has 0 spiro atoms. The molecule has 1 aliphatic heterocycles. The van der Waals surface area contributed by atoms with E-state index in [0.717, 1.165) is 11.7 Å². The summed E-state index contributed by atoms with van der Waals surface area (Å²) in [6.07, 6.45) is 8.49. The van der Waals surface area contributed by atoms with E-state index in [2.05, 4.69) is 41.2 Å². The highest BCUT2D eigenvalue weighted by molar-refractivity contribution is 5.47. The van der Waals surface area contributed by atoms with Crippen LogP contribution in [0.2, 0.25) is 0 Å². The first kappa shape index (κ1) is 13.9. The predicted molar refractivity (Wildman–Crippen MR) is 83.9 cm³/mol. The quantitative estimate of drug-likeness (QED) is 0.883. The summed E-state index contributed by atoms with van der Waals surface area (Å²) in [4.78, 5) is 7.28. The summed E-state index contributed by atoms with van der Waals surface area (Å²) >= 11 is 0. The Kier molecular flexibility index (Phi) is 4.25. The van der Waals surface area contributed by atoms with Gasteiger partial charge in [0.1, 0.15) is 5.82 Å². The Balaban J connectivity index is 1.81. The highest BCUT2D eigenvalue weighted by atomic mass is 15.2. The first-order chi connectivity index (χ1) is 9.74. The fourth-order valence-corrected chi connectivity index (χ4v) is 3.26. The number of aromatic nitrogens is 1. The largest absolute Gasteiger partial charge is 0.367 e. The van der Waals surface area contributed by atoms with Gasteiger partial charge in [0, 0.05) is 30.4 Å². The van der Waals surface area contributed by atoms with E-state index in [1.54, 1.807) is 0 Å². The van der Waals surface area contributed by atoms with Crippen molar-refractivity contribution in [2.45, 2.75) is 58.0 Å². The van der Waals surface area contributed by atoms with Crippen LogP contribution < -0.4 is 5.32 Å². The summed E-state index contributed by atoms with van der Waals surface area (Å²) in [5, 5.41) is 3.62. The first-order valence-electron chi connectivity index (χ1n) is 8.19. The summed E-state index contributed by atoms with van der Waals surface area (Å²) < 4.78 is 0. The Bertz CT molecular complexity index is 440. The Morgan fingerprint density at radius 3 is 2.90 bits per heavy atom. The smallest absolute Gasteiger partial charge is 0.130 e. The predicted octanol–water partition coefficient (Wildman–Crippen LogP) is 3.84. The second-order valence-electron chi connectivity index (χ2n) is 6.76. The molecule has 1 aromatic rings. The average molecular weight is 273 g/mol. The van der Waals surface area contributed by atoms with Crippen LogP contribution in [0.5, 0.6) is 0 Å². The van der Waals surface area contributed by atoms with Gasteiger partial charge in [0.05, 0.1) is 0 Å².